The van der Waals surface area contributed by atoms with Gasteiger partial charge in [0.2, 0.25) is 0 Å². The van der Waals surface area contributed by atoms with Gasteiger partial charge >= 0.3 is 18.0 Å². The summed E-state index contributed by atoms with van der Waals surface area (Å²) in [4.78, 5) is 36.8. The van der Waals surface area contributed by atoms with Gasteiger partial charge < -0.3 is 24.0 Å². The Balaban J connectivity index is 2.12. The molecule has 1 atom stereocenters. The third-order valence-corrected chi connectivity index (χ3v) is 10.9. The van der Waals surface area contributed by atoms with Crippen LogP contribution in [0.1, 0.15) is 54.4 Å². The highest BCUT2D eigenvalue weighted by Crippen LogP contribution is 2.36. The Morgan fingerprint density at radius 3 is 1.82 bits per heavy atom. The second-order valence-corrected chi connectivity index (χ2v) is 15.3. The van der Waals surface area contributed by atoms with Crippen LogP contribution in [0.2, 0.25) is 5.04 Å². The third-order valence-electron chi connectivity index (χ3n) is 5.90. The molecule has 0 aliphatic rings. The molecular formula is C29H41NO7Si. The summed E-state index contributed by atoms with van der Waals surface area (Å²) < 4.78 is 22.1. The lowest BCUT2D eigenvalue weighted by Gasteiger charge is -2.43. The summed E-state index contributed by atoms with van der Waals surface area (Å²) in [6, 6.07) is 19.3. The van der Waals surface area contributed by atoms with E-state index in [0.717, 1.165) is 10.4 Å². The number of rotatable bonds is 11. The average Bonchev–Trinajstić information content (AvgIpc) is 2.85. The van der Waals surface area contributed by atoms with Crippen molar-refractivity contribution in [1.29, 1.82) is 0 Å². The van der Waals surface area contributed by atoms with Crippen molar-refractivity contribution in [3.05, 3.63) is 60.7 Å². The maximum Gasteiger partial charge on any atom is 0.407 e. The van der Waals surface area contributed by atoms with Crippen molar-refractivity contribution in [3.63, 3.8) is 0 Å². The van der Waals surface area contributed by atoms with E-state index in [1.54, 1.807) is 20.8 Å². The molecule has 0 aromatic heterocycles. The van der Waals surface area contributed by atoms with E-state index in [1.165, 1.54) is 7.11 Å². The molecule has 0 aliphatic heterocycles. The van der Waals surface area contributed by atoms with Crippen LogP contribution < -0.4 is 15.7 Å². The molecule has 0 fully saturated rings. The van der Waals surface area contributed by atoms with Crippen LogP contribution in [0, 0.1) is 0 Å². The average molecular weight is 544 g/mol. The number of hydrogen-bond donors (Lipinski definition) is 1. The number of esters is 2. The minimum atomic E-state index is -2.76. The molecule has 9 heteroatoms. The quantitative estimate of drug-likeness (QED) is 0.198. The fourth-order valence-corrected chi connectivity index (χ4v) is 8.81. The molecule has 0 heterocycles. The summed E-state index contributed by atoms with van der Waals surface area (Å²) in [5, 5.41) is 4.55. The summed E-state index contributed by atoms with van der Waals surface area (Å²) in [6.07, 6.45) is -0.829. The van der Waals surface area contributed by atoms with E-state index < -0.39 is 38.0 Å². The SMILES string of the molecule is COC(=O)CCC(NC(=O)OCCO[Si](c1ccccc1)(c1ccccc1)C(C)(C)C)C(=O)OC(C)(C)C. The smallest absolute Gasteiger partial charge is 0.407 e. The molecule has 0 radical (unpaired) electrons. The first-order valence-corrected chi connectivity index (χ1v) is 14.7. The number of hydrogen-bond acceptors (Lipinski definition) is 7. The second kappa shape index (κ2) is 13.6. The van der Waals surface area contributed by atoms with Gasteiger partial charge in [-0.3, -0.25) is 4.79 Å². The number of alkyl carbamates (subject to hydrolysis) is 1. The Labute approximate surface area is 227 Å². The van der Waals surface area contributed by atoms with Gasteiger partial charge in [0.05, 0.1) is 13.7 Å². The molecule has 0 saturated carbocycles. The van der Waals surface area contributed by atoms with Crippen molar-refractivity contribution in [3.8, 4) is 0 Å². The standard InChI is InChI=1S/C29H41NO7Si/c1-28(2,3)37-26(32)24(18-19-25(31)34-7)30-27(33)35-20-21-36-38(29(4,5)6,22-14-10-8-11-15-22)23-16-12-9-13-17-23/h8-17,24H,18-21H2,1-7H3,(H,30,33). The van der Waals surface area contributed by atoms with Gasteiger partial charge in [-0.2, -0.15) is 0 Å². The zero-order valence-corrected chi connectivity index (χ0v) is 24.5. The molecule has 1 amide bonds. The first kappa shape index (κ1) is 31.0. The van der Waals surface area contributed by atoms with Gasteiger partial charge in [-0.05, 0) is 42.6 Å². The molecule has 1 unspecified atom stereocenters. The molecular weight excluding hydrogens is 502 g/mol. The first-order chi connectivity index (χ1) is 17.8. The van der Waals surface area contributed by atoms with Crippen molar-refractivity contribution in [2.24, 2.45) is 0 Å². The Kier molecular flexibility index (Phi) is 11.1. The van der Waals surface area contributed by atoms with Crippen molar-refractivity contribution in [2.45, 2.75) is 71.1 Å². The topological polar surface area (TPSA) is 100 Å². The number of ether oxygens (including phenoxy) is 3. The monoisotopic (exact) mass is 543 g/mol. The molecule has 8 nitrogen and oxygen atoms in total. The molecule has 2 aromatic rings. The van der Waals surface area contributed by atoms with Gasteiger partial charge in [0.15, 0.2) is 0 Å². The van der Waals surface area contributed by atoms with Crippen molar-refractivity contribution in [2.75, 3.05) is 20.3 Å². The van der Waals surface area contributed by atoms with E-state index in [0.29, 0.717) is 0 Å². The summed E-state index contributed by atoms with van der Waals surface area (Å²) in [5.74, 6) is -1.14. The van der Waals surface area contributed by atoms with Crippen LogP contribution in [0.3, 0.4) is 0 Å². The number of benzene rings is 2. The number of methoxy groups -OCH3 is 1. The van der Waals surface area contributed by atoms with E-state index in [-0.39, 0.29) is 31.1 Å². The van der Waals surface area contributed by atoms with Crippen LogP contribution in [0.25, 0.3) is 0 Å². The maximum atomic E-state index is 12.6. The molecule has 1 N–H and O–H groups in total. The largest absolute Gasteiger partial charge is 0.469 e. The number of amides is 1. The predicted octanol–water partition coefficient (Wildman–Crippen LogP) is 3.95. The Morgan fingerprint density at radius 1 is 0.842 bits per heavy atom. The summed E-state index contributed by atoms with van der Waals surface area (Å²) in [7, 11) is -1.50. The fourth-order valence-electron chi connectivity index (χ4n) is 4.26. The molecule has 2 aromatic carbocycles. The Bertz CT molecular complexity index is 1010. The molecule has 38 heavy (non-hydrogen) atoms. The minimum absolute atomic E-state index is 0.0195. The van der Waals surface area contributed by atoms with Crippen molar-refractivity contribution >= 4 is 36.7 Å². The molecule has 0 bridgehead atoms. The normalized spacial score (nSPS) is 12.8. The highest BCUT2D eigenvalue weighted by molar-refractivity contribution is 6.99. The molecule has 2 rings (SSSR count). The predicted molar refractivity (Wildman–Crippen MR) is 149 cm³/mol. The second-order valence-electron chi connectivity index (χ2n) is 11.0. The molecule has 208 valence electrons. The van der Waals surface area contributed by atoms with Crippen LogP contribution in [0.5, 0.6) is 0 Å². The van der Waals surface area contributed by atoms with Gasteiger partial charge in [0.25, 0.3) is 8.32 Å². The van der Waals surface area contributed by atoms with Crippen molar-refractivity contribution in [1.82, 2.24) is 5.32 Å². The summed E-state index contributed by atoms with van der Waals surface area (Å²) in [6.45, 7) is 11.8. The van der Waals surface area contributed by atoms with E-state index in [4.69, 9.17) is 13.9 Å². The van der Waals surface area contributed by atoms with Crippen LogP contribution >= 0.6 is 0 Å². The lowest BCUT2D eigenvalue weighted by atomic mass is 10.1. The Morgan fingerprint density at radius 2 is 1.37 bits per heavy atom. The summed E-state index contributed by atoms with van der Waals surface area (Å²) >= 11 is 0. The van der Waals surface area contributed by atoms with Crippen LogP contribution in [-0.4, -0.2) is 58.3 Å². The van der Waals surface area contributed by atoms with Gasteiger partial charge in [-0.25, -0.2) is 9.59 Å². The van der Waals surface area contributed by atoms with Crippen LogP contribution in [-0.2, 0) is 28.2 Å². The molecule has 0 spiro atoms. The molecule has 0 saturated heterocycles. The first-order valence-electron chi connectivity index (χ1n) is 12.8. The highest BCUT2D eigenvalue weighted by Gasteiger charge is 2.50. The molecule has 0 aliphatic carbocycles. The highest BCUT2D eigenvalue weighted by atomic mass is 28.4. The number of carbonyl (C=O) groups is 3. The maximum absolute atomic E-state index is 12.6. The van der Waals surface area contributed by atoms with Crippen LogP contribution in [0.15, 0.2) is 60.7 Å². The third kappa shape index (κ3) is 8.70. The number of carbonyl (C=O) groups excluding carboxylic acids is 3. The van der Waals surface area contributed by atoms with E-state index >= 15 is 0 Å². The minimum Gasteiger partial charge on any atom is -0.469 e. The van der Waals surface area contributed by atoms with Gasteiger partial charge in [0, 0.05) is 6.42 Å². The van der Waals surface area contributed by atoms with E-state index in [2.05, 4.69) is 55.1 Å². The Hall–Kier alpha value is -3.17. The zero-order chi connectivity index (χ0) is 28.4. The van der Waals surface area contributed by atoms with Gasteiger partial charge in [-0.1, -0.05) is 81.4 Å². The lowest BCUT2D eigenvalue weighted by Crippen LogP contribution is -2.66. The lowest BCUT2D eigenvalue weighted by molar-refractivity contribution is -0.157. The number of nitrogens with one attached hydrogen (secondary N) is 1. The van der Waals surface area contributed by atoms with Gasteiger partial charge in [0.1, 0.15) is 18.2 Å². The zero-order valence-electron chi connectivity index (χ0n) is 23.5. The van der Waals surface area contributed by atoms with Crippen LogP contribution in [0.4, 0.5) is 4.79 Å². The summed E-state index contributed by atoms with van der Waals surface area (Å²) in [5.41, 5.74) is -0.754. The van der Waals surface area contributed by atoms with E-state index in [9.17, 15) is 14.4 Å². The fraction of sp³-hybridized carbons (Fsp3) is 0.483. The van der Waals surface area contributed by atoms with E-state index in [1.807, 2.05) is 36.4 Å². The van der Waals surface area contributed by atoms with Crippen molar-refractivity contribution < 1.29 is 33.0 Å². The van der Waals surface area contributed by atoms with Gasteiger partial charge in [-0.15, -0.1) is 0 Å².